The fourth-order valence-corrected chi connectivity index (χ4v) is 3.05. The number of nitrogens with one attached hydrogen (secondary N) is 1. The average Bonchev–Trinajstić information content (AvgIpc) is 2.67. The van der Waals surface area contributed by atoms with Gasteiger partial charge in [0.1, 0.15) is 11.5 Å². The lowest BCUT2D eigenvalue weighted by atomic mass is 10.1. The molecular formula is C21H29N3O3. The number of urea groups is 1. The van der Waals surface area contributed by atoms with E-state index in [0.29, 0.717) is 5.69 Å². The molecule has 6 heteroatoms. The summed E-state index contributed by atoms with van der Waals surface area (Å²) < 4.78 is 5.31. The lowest BCUT2D eigenvalue weighted by Crippen LogP contribution is -2.52. The van der Waals surface area contributed by atoms with Gasteiger partial charge in [-0.2, -0.15) is 0 Å². The molecule has 4 N–H and O–H groups in total. The molecule has 146 valence electrons. The van der Waals surface area contributed by atoms with Crippen LogP contribution >= 0.6 is 0 Å². The summed E-state index contributed by atoms with van der Waals surface area (Å²) in [6.07, 6.45) is 2.44. The van der Waals surface area contributed by atoms with Crippen molar-refractivity contribution in [3.63, 3.8) is 0 Å². The standard InChI is InChI=1S/C21H29N3O3/c1-4-5-9-20(23-15(2)16-7-6-8-19(14-16)27-3)24(21(22)26)17-10-12-18(25)13-11-17/h6-8,10-15,20,23,25H,4-5,9H2,1-3H3,(H2,22,26). The van der Waals surface area contributed by atoms with Crippen LogP contribution in [-0.2, 0) is 0 Å². The first-order valence-corrected chi connectivity index (χ1v) is 9.24. The molecule has 0 aliphatic rings. The zero-order valence-electron chi connectivity index (χ0n) is 16.2. The van der Waals surface area contributed by atoms with Gasteiger partial charge in [0.2, 0.25) is 0 Å². The van der Waals surface area contributed by atoms with Crippen molar-refractivity contribution in [3.8, 4) is 11.5 Å². The number of phenolic OH excluding ortho intramolecular Hbond substituents is 1. The van der Waals surface area contributed by atoms with Crippen LogP contribution in [0, 0.1) is 0 Å². The monoisotopic (exact) mass is 371 g/mol. The van der Waals surface area contributed by atoms with E-state index < -0.39 is 6.03 Å². The molecule has 0 saturated heterocycles. The number of phenols is 1. The van der Waals surface area contributed by atoms with Crippen molar-refractivity contribution in [2.75, 3.05) is 12.0 Å². The van der Waals surface area contributed by atoms with Gasteiger partial charge in [0.15, 0.2) is 0 Å². The number of aromatic hydroxyl groups is 1. The molecule has 2 aromatic rings. The van der Waals surface area contributed by atoms with Gasteiger partial charge in [-0.25, -0.2) is 4.79 Å². The van der Waals surface area contributed by atoms with E-state index in [9.17, 15) is 9.90 Å². The van der Waals surface area contributed by atoms with Crippen molar-refractivity contribution in [2.45, 2.75) is 45.3 Å². The predicted octanol–water partition coefficient (Wildman–Crippen LogP) is 4.15. The van der Waals surface area contributed by atoms with Crippen LogP contribution in [-0.4, -0.2) is 24.4 Å². The normalized spacial score (nSPS) is 13.0. The maximum Gasteiger partial charge on any atom is 0.320 e. The van der Waals surface area contributed by atoms with Gasteiger partial charge >= 0.3 is 6.03 Å². The smallest absolute Gasteiger partial charge is 0.320 e. The Balaban J connectivity index is 2.27. The van der Waals surface area contributed by atoms with E-state index in [1.165, 1.54) is 0 Å². The Morgan fingerprint density at radius 3 is 2.56 bits per heavy atom. The number of carbonyl (C=O) groups is 1. The van der Waals surface area contributed by atoms with E-state index in [-0.39, 0.29) is 18.0 Å². The number of carbonyl (C=O) groups excluding carboxylic acids is 1. The second kappa shape index (κ2) is 9.83. The first-order chi connectivity index (χ1) is 13.0. The zero-order valence-corrected chi connectivity index (χ0v) is 16.2. The van der Waals surface area contributed by atoms with E-state index in [1.54, 1.807) is 36.3 Å². The minimum atomic E-state index is -0.535. The molecule has 0 heterocycles. The van der Waals surface area contributed by atoms with Gasteiger partial charge < -0.3 is 15.6 Å². The number of hydrogen-bond acceptors (Lipinski definition) is 4. The number of unbranched alkanes of at least 4 members (excludes halogenated alkanes) is 1. The second-order valence-corrected chi connectivity index (χ2v) is 6.55. The number of anilines is 1. The van der Waals surface area contributed by atoms with E-state index in [1.807, 2.05) is 31.2 Å². The Labute approximate surface area is 160 Å². The highest BCUT2D eigenvalue weighted by molar-refractivity contribution is 5.91. The Morgan fingerprint density at radius 1 is 1.26 bits per heavy atom. The lowest BCUT2D eigenvalue weighted by Gasteiger charge is -2.33. The summed E-state index contributed by atoms with van der Waals surface area (Å²) in [5.74, 6) is 0.933. The van der Waals surface area contributed by atoms with Gasteiger partial charge in [-0.05, 0) is 55.3 Å². The van der Waals surface area contributed by atoms with Gasteiger partial charge in [0, 0.05) is 11.7 Å². The Morgan fingerprint density at radius 2 is 1.96 bits per heavy atom. The first kappa shape index (κ1) is 20.6. The maximum absolute atomic E-state index is 12.2. The molecule has 2 atom stereocenters. The molecule has 2 aromatic carbocycles. The van der Waals surface area contributed by atoms with Crippen molar-refractivity contribution in [2.24, 2.45) is 5.73 Å². The third-order valence-corrected chi connectivity index (χ3v) is 4.54. The molecule has 0 saturated carbocycles. The molecule has 6 nitrogen and oxygen atoms in total. The summed E-state index contributed by atoms with van der Waals surface area (Å²) in [5, 5.41) is 13.1. The zero-order chi connectivity index (χ0) is 19.8. The van der Waals surface area contributed by atoms with Crippen LogP contribution in [0.15, 0.2) is 48.5 Å². The van der Waals surface area contributed by atoms with Gasteiger partial charge in [-0.3, -0.25) is 10.2 Å². The molecule has 0 spiro atoms. The molecule has 2 unspecified atom stereocenters. The van der Waals surface area contributed by atoms with Gasteiger partial charge in [-0.1, -0.05) is 31.9 Å². The van der Waals surface area contributed by atoms with E-state index in [4.69, 9.17) is 10.5 Å². The van der Waals surface area contributed by atoms with Crippen LogP contribution in [0.25, 0.3) is 0 Å². The molecule has 2 amide bonds. The van der Waals surface area contributed by atoms with Gasteiger partial charge in [-0.15, -0.1) is 0 Å². The highest BCUT2D eigenvalue weighted by Crippen LogP contribution is 2.25. The topological polar surface area (TPSA) is 87.8 Å². The number of hydrogen-bond donors (Lipinski definition) is 3. The minimum absolute atomic E-state index is 0.0130. The van der Waals surface area contributed by atoms with Crippen molar-refractivity contribution in [1.29, 1.82) is 0 Å². The number of ether oxygens (including phenoxy) is 1. The van der Waals surface area contributed by atoms with E-state index in [0.717, 1.165) is 30.6 Å². The van der Waals surface area contributed by atoms with E-state index >= 15 is 0 Å². The van der Waals surface area contributed by atoms with Crippen LogP contribution in [0.4, 0.5) is 10.5 Å². The quantitative estimate of drug-likeness (QED) is 0.578. The number of nitrogens with zero attached hydrogens (tertiary/aromatic N) is 1. The third-order valence-electron chi connectivity index (χ3n) is 4.54. The average molecular weight is 371 g/mol. The van der Waals surface area contributed by atoms with Crippen molar-refractivity contribution < 1.29 is 14.6 Å². The van der Waals surface area contributed by atoms with Crippen molar-refractivity contribution in [1.82, 2.24) is 5.32 Å². The Kier molecular flexibility index (Phi) is 7.49. The van der Waals surface area contributed by atoms with Crippen molar-refractivity contribution >= 4 is 11.7 Å². The van der Waals surface area contributed by atoms with Gasteiger partial charge in [0.05, 0.1) is 13.3 Å². The fourth-order valence-electron chi connectivity index (χ4n) is 3.05. The number of methoxy groups -OCH3 is 1. The number of rotatable bonds is 9. The fraction of sp³-hybridized carbons (Fsp3) is 0.381. The largest absolute Gasteiger partial charge is 0.508 e. The minimum Gasteiger partial charge on any atom is -0.508 e. The van der Waals surface area contributed by atoms with Crippen LogP contribution in [0.2, 0.25) is 0 Å². The SMILES string of the molecule is CCCCC(NC(C)c1cccc(OC)c1)N(C(N)=O)c1ccc(O)cc1. The number of amides is 2. The summed E-state index contributed by atoms with van der Waals surface area (Å²) >= 11 is 0. The molecular weight excluding hydrogens is 342 g/mol. The van der Waals surface area contributed by atoms with Crippen LogP contribution in [0.5, 0.6) is 11.5 Å². The highest BCUT2D eigenvalue weighted by atomic mass is 16.5. The summed E-state index contributed by atoms with van der Waals surface area (Å²) in [4.78, 5) is 13.8. The van der Waals surface area contributed by atoms with Gasteiger partial charge in [0.25, 0.3) is 0 Å². The Hall–Kier alpha value is -2.73. The molecule has 0 fully saturated rings. The molecule has 0 bridgehead atoms. The number of nitrogens with two attached hydrogens (primary N) is 1. The first-order valence-electron chi connectivity index (χ1n) is 9.24. The Bertz CT molecular complexity index is 734. The number of benzene rings is 2. The third kappa shape index (κ3) is 5.62. The van der Waals surface area contributed by atoms with Crippen molar-refractivity contribution in [3.05, 3.63) is 54.1 Å². The summed E-state index contributed by atoms with van der Waals surface area (Å²) in [6.45, 7) is 4.15. The van der Waals surface area contributed by atoms with Crippen LogP contribution in [0.3, 0.4) is 0 Å². The molecule has 0 aliphatic heterocycles. The summed E-state index contributed by atoms with van der Waals surface area (Å²) in [7, 11) is 1.64. The number of primary amides is 1. The summed E-state index contributed by atoms with van der Waals surface area (Å²) in [6, 6.07) is 13.8. The lowest BCUT2D eigenvalue weighted by molar-refractivity contribution is 0.248. The van der Waals surface area contributed by atoms with Crippen LogP contribution in [0.1, 0.15) is 44.7 Å². The molecule has 27 heavy (non-hydrogen) atoms. The summed E-state index contributed by atoms with van der Waals surface area (Å²) in [5.41, 5.74) is 7.41. The molecule has 2 rings (SSSR count). The maximum atomic E-state index is 12.2. The van der Waals surface area contributed by atoms with E-state index in [2.05, 4.69) is 12.2 Å². The predicted molar refractivity (Wildman–Crippen MR) is 108 cm³/mol. The molecule has 0 aliphatic carbocycles. The van der Waals surface area contributed by atoms with Crippen LogP contribution < -0.4 is 20.7 Å². The highest BCUT2D eigenvalue weighted by Gasteiger charge is 2.25. The molecule has 0 radical (unpaired) electrons. The molecule has 0 aromatic heterocycles. The second-order valence-electron chi connectivity index (χ2n) is 6.55.